The Balaban J connectivity index is 1.34. The Bertz CT molecular complexity index is 886. The van der Waals surface area contributed by atoms with Crippen LogP contribution < -0.4 is 5.32 Å². The van der Waals surface area contributed by atoms with Crippen LogP contribution in [0.3, 0.4) is 0 Å². The Hall–Kier alpha value is -2.27. The fourth-order valence-corrected chi connectivity index (χ4v) is 4.48. The van der Waals surface area contributed by atoms with Crippen LogP contribution in [0.1, 0.15) is 48.7 Å². The minimum Gasteiger partial charge on any atom is -0.349 e. The molecule has 1 aliphatic carbocycles. The molecule has 1 N–H and O–H groups in total. The van der Waals surface area contributed by atoms with Crippen LogP contribution in [0.15, 0.2) is 59.8 Å². The van der Waals surface area contributed by atoms with Gasteiger partial charge in [0.2, 0.25) is 0 Å². The quantitative estimate of drug-likeness (QED) is 0.639. The summed E-state index contributed by atoms with van der Waals surface area (Å²) in [4.78, 5) is 18.3. The lowest BCUT2D eigenvalue weighted by molar-refractivity contribution is 0.0910. The Morgan fingerprint density at radius 2 is 2.00 bits per heavy atom. The molecule has 1 aliphatic rings. The van der Waals surface area contributed by atoms with Crippen LogP contribution in [0.25, 0.3) is 5.65 Å². The number of benzene rings is 1. The first-order valence-corrected chi connectivity index (χ1v) is 10.6. The first-order chi connectivity index (χ1) is 13.2. The predicted octanol–water partition coefficient (Wildman–Crippen LogP) is 4.94. The normalized spacial score (nSPS) is 19.9. The smallest absolute Gasteiger partial charge is 0.251 e. The van der Waals surface area contributed by atoms with Crippen molar-refractivity contribution in [1.29, 1.82) is 0 Å². The number of carbonyl (C=O) groups is 1. The van der Waals surface area contributed by atoms with Crippen LogP contribution in [0, 0.1) is 5.92 Å². The molecule has 0 bridgehead atoms. The topological polar surface area (TPSA) is 46.4 Å². The van der Waals surface area contributed by atoms with E-state index in [0.29, 0.717) is 12.0 Å². The summed E-state index contributed by atoms with van der Waals surface area (Å²) in [5, 5.41) is 3.22. The van der Waals surface area contributed by atoms with E-state index in [9.17, 15) is 4.79 Å². The largest absolute Gasteiger partial charge is 0.349 e. The van der Waals surface area contributed by atoms with E-state index in [1.165, 1.54) is 19.3 Å². The first kappa shape index (κ1) is 18.1. The zero-order valence-electron chi connectivity index (χ0n) is 15.6. The van der Waals surface area contributed by atoms with Crippen LogP contribution in [-0.2, 0) is 5.75 Å². The summed E-state index contributed by atoms with van der Waals surface area (Å²) in [7, 11) is 0. The second-order valence-electron chi connectivity index (χ2n) is 7.35. The molecule has 1 aromatic carbocycles. The van der Waals surface area contributed by atoms with Crippen molar-refractivity contribution in [3.63, 3.8) is 0 Å². The summed E-state index contributed by atoms with van der Waals surface area (Å²) in [6.45, 7) is 2.24. The van der Waals surface area contributed by atoms with E-state index in [4.69, 9.17) is 0 Å². The van der Waals surface area contributed by atoms with Gasteiger partial charge in [-0.1, -0.05) is 25.8 Å². The van der Waals surface area contributed by atoms with Gasteiger partial charge in [-0.3, -0.25) is 4.79 Å². The molecule has 2 heterocycles. The Labute approximate surface area is 164 Å². The molecule has 4 rings (SSSR count). The molecule has 0 radical (unpaired) electrons. The van der Waals surface area contributed by atoms with Gasteiger partial charge >= 0.3 is 0 Å². The van der Waals surface area contributed by atoms with Gasteiger partial charge in [-0.05, 0) is 55.2 Å². The number of imidazole rings is 1. The van der Waals surface area contributed by atoms with Crippen molar-refractivity contribution in [3.05, 3.63) is 66.1 Å². The van der Waals surface area contributed by atoms with Gasteiger partial charge in [0.15, 0.2) is 0 Å². The third kappa shape index (κ3) is 4.35. The average molecular weight is 380 g/mol. The molecule has 1 fully saturated rings. The maximum absolute atomic E-state index is 12.5. The third-order valence-electron chi connectivity index (χ3n) is 5.35. The number of thioether (sulfide) groups is 1. The number of nitrogens with zero attached hydrogens (tertiary/aromatic N) is 2. The van der Waals surface area contributed by atoms with E-state index in [2.05, 4.69) is 23.4 Å². The number of aromatic nitrogens is 2. The molecule has 0 spiro atoms. The minimum atomic E-state index is 0.0469. The molecule has 0 aliphatic heterocycles. The molecular formula is C22H25N3OS. The fourth-order valence-electron chi connectivity index (χ4n) is 3.70. The van der Waals surface area contributed by atoms with Crippen molar-refractivity contribution in [3.8, 4) is 0 Å². The molecule has 2 aromatic heterocycles. The molecule has 2 unspecified atom stereocenters. The number of nitrogens with one attached hydrogen (secondary N) is 1. The second kappa shape index (κ2) is 8.17. The highest BCUT2D eigenvalue weighted by atomic mass is 32.2. The molecule has 27 heavy (non-hydrogen) atoms. The van der Waals surface area contributed by atoms with Crippen molar-refractivity contribution < 1.29 is 4.79 Å². The van der Waals surface area contributed by atoms with Crippen LogP contribution in [0.2, 0.25) is 0 Å². The lowest BCUT2D eigenvalue weighted by Gasteiger charge is -2.29. The molecule has 2 atom stereocenters. The lowest BCUT2D eigenvalue weighted by Crippen LogP contribution is -2.41. The Morgan fingerprint density at radius 1 is 1.19 bits per heavy atom. The summed E-state index contributed by atoms with van der Waals surface area (Å²) in [5.41, 5.74) is 2.77. The highest BCUT2D eigenvalue weighted by Gasteiger charge is 2.23. The maximum atomic E-state index is 12.5. The lowest BCUT2D eigenvalue weighted by atomic mass is 9.86. The summed E-state index contributed by atoms with van der Waals surface area (Å²) >= 11 is 1.74. The van der Waals surface area contributed by atoms with E-state index < -0.39 is 0 Å². The van der Waals surface area contributed by atoms with Gasteiger partial charge in [0, 0.05) is 34.6 Å². The predicted molar refractivity (Wildman–Crippen MR) is 110 cm³/mol. The monoisotopic (exact) mass is 379 g/mol. The van der Waals surface area contributed by atoms with Crippen molar-refractivity contribution in [2.75, 3.05) is 0 Å². The van der Waals surface area contributed by atoms with E-state index in [1.54, 1.807) is 11.8 Å². The summed E-state index contributed by atoms with van der Waals surface area (Å²) in [6.07, 6.45) is 8.88. The standard InChI is InChI=1S/C22H25N3OS/c1-16-6-2-3-7-20(16)24-22(26)17-9-11-19(12-10-17)27-15-18-14-25-13-5-4-8-21(25)23-18/h4-5,8-14,16,20H,2-3,6-7,15H2,1H3,(H,24,26). The molecule has 3 aromatic rings. The highest BCUT2D eigenvalue weighted by Crippen LogP contribution is 2.25. The Morgan fingerprint density at radius 3 is 2.78 bits per heavy atom. The van der Waals surface area contributed by atoms with E-state index in [-0.39, 0.29) is 5.91 Å². The molecule has 1 saturated carbocycles. The molecule has 5 heteroatoms. The number of hydrogen-bond donors (Lipinski definition) is 1. The number of hydrogen-bond acceptors (Lipinski definition) is 3. The van der Waals surface area contributed by atoms with E-state index in [0.717, 1.165) is 34.0 Å². The van der Waals surface area contributed by atoms with Crippen molar-refractivity contribution in [2.45, 2.75) is 49.3 Å². The van der Waals surface area contributed by atoms with Gasteiger partial charge in [0.25, 0.3) is 5.91 Å². The van der Waals surface area contributed by atoms with Gasteiger partial charge in [-0.15, -0.1) is 11.8 Å². The average Bonchev–Trinajstić information content (AvgIpc) is 3.11. The number of rotatable bonds is 5. The zero-order valence-corrected chi connectivity index (χ0v) is 16.4. The second-order valence-corrected chi connectivity index (χ2v) is 8.40. The van der Waals surface area contributed by atoms with Crippen molar-refractivity contribution >= 4 is 23.3 Å². The van der Waals surface area contributed by atoms with Gasteiger partial charge in [0.1, 0.15) is 5.65 Å². The van der Waals surface area contributed by atoms with E-state index in [1.807, 2.05) is 53.1 Å². The summed E-state index contributed by atoms with van der Waals surface area (Å²) in [5.74, 6) is 1.43. The Kier molecular flexibility index (Phi) is 5.48. The number of fused-ring (bicyclic) bond motifs is 1. The van der Waals surface area contributed by atoms with Gasteiger partial charge in [0.05, 0.1) is 5.69 Å². The fraction of sp³-hybridized carbons (Fsp3) is 0.364. The van der Waals surface area contributed by atoms with E-state index >= 15 is 0 Å². The maximum Gasteiger partial charge on any atom is 0.251 e. The summed E-state index contributed by atoms with van der Waals surface area (Å²) in [6, 6.07) is 14.2. The van der Waals surface area contributed by atoms with Crippen molar-refractivity contribution in [2.24, 2.45) is 5.92 Å². The third-order valence-corrected chi connectivity index (χ3v) is 6.39. The highest BCUT2D eigenvalue weighted by molar-refractivity contribution is 7.98. The molecule has 4 nitrogen and oxygen atoms in total. The van der Waals surface area contributed by atoms with Crippen LogP contribution >= 0.6 is 11.8 Å². The minimum absolute atomic E-state index is 0.0469. The molecule has 0 saturated heterocycles. The van der Waals surface area contributed by atoms with Crippen molar-refractivity contribution in [1.82, 2.24) is 14.7 Å². The molecule has 140 valence electrons. The van der Waals surface area contributed by atoms with Crippen LogP contribution in [0.4, 0.5) is 0 Å². The van der Waals surface area contributed by atoms with Gasteiger partial charge < -0.3 is 9.72 Å². The first-order valence-electron chi connectivity index (χ1n) is 9.65. The summed E-state index contributed by atoms with van der Waals surface area (Å²) < 4.78 is 2.04. The number of amides is 1. The van der Waals surface area contributed by atoms with Crippen LogP contribution in [-0.4, -0.2) is 21.3 Å². The SMILES string of the molecule is CC1CCCCC1NC(=O)c1ccc(SCc2cn3ccccc3n2)cc1. The molecular weight excluding hydrogens is 354 g/mol. The molecule has 1 amide bonds. The van der Waals surface area contributed by atoms with Crippen LogP contribution in [0.5, 0.6) is 0 Å². The number of pyridine rings is 1. The van der Waals surface area contributed by atoms with Gasteiger partial charge in [-0.2, -0.15) is 0 Å². The van der Waals surface area contributed by atoms with Gasteiger partial charge in [-0.25, -0.2) is 4.98 Å². The number of carbonyl (C=O) groups excluding carboxylic acids is 1. The zero-order chi connectivity index (χ0) is 18.6.